The quantitative estimate of drug-likeness (QED) is 0.794. The molecule has 0 aromatic carbocycles. The molecule has 0 atom stereocenters. The molecule has 3 rings (SSSR count). The average molecular weight is 273 g/mol. The van der Waals surface area contributed by atoms with Gasteiger partial charge in [-0.3, -0.25) is 0 Å². The molecule has 0 saturated carbocycles. The first-order valence-corrected chi connectivity index (χ1v) is 7.06. The number of fused-ring (bicyclic) bond motifs is 1. The first-order valence-electron chi connectivity index (χ1n) is 6.25. The Labute approximate surface area is 115 Å². The normalized spacial score (nSPS) is 11.1. The van der Waals surface area contributed by atoms with Crippen LogP contribution in [-0.4, -0.2) is 19.6 Å². The predicted molar refractivity (Wildman–Crippen MR) is 76.5 cm³/mol. The number of pyridine rings is 1. The summed E-state index contributed by atoms with van der Waals surface area (Å²) in [6.07, 6.45) is 4.88. The van der Waals surface area contributed by atoms with E-state index < -0.39 is 0 Å². The molecule has 0 amide bonds. The van der Waals surface area contributed by atoms with Gasteiger partial charge in [-0.2, -0.15) is 4.98 Å². The molecule has 1 N–H and O–H groups in total. The average Bonchev–Trinajstić information content (AvgIpc) is 3.01. The maximum atomic E-state index is 4.43. The van der Waals surface area contributed by atoms with Crippen LogP contribution < -0.4 is 5.32 Å². The van der Waals surface area contributed by atoms with E-state index in [-0.39, 0.29) is 0 Å². The van der Waals surface area contributed by atoms with Crippen molar-refractivity contribution in [1.82, 2.24) is 19.6 Å². The molecule has 19 heavy (non-hydrogen) atoms. The van der Waals surface area contributed by atoms with E-state index in [1.54, 1.807) is 15.9 Å². The van der Waals surface area contributed by atoms with Crippen molar-refractivity contribution in [2.75, 3.05) is 5.32 Å². The van der Waals surface area contributed by atoms with E-state index in [4.69, 9.17) is 0 Å². The van der Waals surface area contributed by atoms with Gasteiger partial charge in [-0.15, -0.1) is 16.4 Å². The zero-order valence-electron chi connectivity index (χ0n) is 10.9. The van der Waals surface area contributed by atoms with E-state index in [0.717, 1.165) is 17.1 Å². The molecule has 3 heterocycles. The monoisotopic (exact) mass is 273 g/mol. The van der Waals surface area contributed by atoms with Gasteiger partial charge in [0, 0.05) is 17.3 Å². The summed E-state index contributed by atoms with van der Waals surface area (Å²) in [6.45, 7) is 4.85. The van der Waals surface area contributed by atoms with E-state index >= 15 is 0 Å². The van der Waals surface area contributed by atoms with Crippen molar-refractivity contribution in [2.24, 2.45) is 0 Å². The highest BCUT2D eigenvalue weighted by molar-refractivity contribution is 7.11. The second-order valence-corrected chi connectivity index (χ2v) is 5.57. The number of aromatic nitrogens is 4. The van der Waals surface area contributed by atoms with Gasteiger partial charge in [0.1, 0.15) is 5.01 Å². The number of hydrogen-bond donors (Lipinski definition) is 1. The van der Waals surface area contributed by atoms with Crippen molar-refractivity contribution in [2.45, 2.75) is 26.8 Å². The zero-order valence-corrected chi connectivity index (χ0v) is 11.7. The fourth-order valence-corrected chi connectivity index (χ4v) is 2.61. The Hall–Kier alpha value is -1.95. The number of anilines is 1. The topological polar surface area (TPSA) is 55.1 Å². The molecular formula is C13H15N5S. The largest absolute Gasteiger partial charge is 0.346 e. The van der Waals surface area contributed by atoms with Gasteiger partial charge in [-0.05, 0) is 31.0 Å². The smallest absolute Gasteiger partial charge is 0.243 e. The minimum Gasteiger partial charge on any atom is -0.346 e. The van der Waals surface area contributed by atoms with Crippen molar-refractivity contribution >= 4 is 22.9 Å². The lowest BCUT2D eigenvalue weighted by Gasteiger charge is -1.96. The summed E-state index contributed by atoms with van der Waals surface area (Å²) >= 11 is 1.73. The maximum Gasteiger partial charge on any atom is 0.243 e. The van der Waals surface area contributed by atoms with Crippen LogP contribution in [0.4, 0.5) is 5.95 Å². The summed E-state index contributed by atoms with van der Waals surface area (Å²) in [5.74, 6) is 0.638. The highest BCUT2D eigenvalue weighted by Crippen LogP contribution is 2.15. The van der Waals surface area contributed by atoms with Gasteiger partial charge >= 0.3 is 0 Å². The summed E-state index contributed by atoms with van der Waals surface area (Å²) < 4.78 is 1.77. The highest BCUT2D eigenvalue weighted by Gasteiger charge is 2.05. The van der Waals surface area contributed by atoms with Gasteiger partial charge in [0.15, 0.2) is 5.65 Å². The lowest BCUT2D eigenvalue weighted by Crippen LogP contribution is -2.00. The molecule has 0 spiro atoms. The van der Waals surface area contributed by atoms with Gasteiger partial charge in [0.2, 0.25) is 5.95 Å². The summed E-state index contributed by atoms with van der Waals surface area (Å²) in [5.41, 5.74) is 2.04. The van der Waals surface area contributed by atoms with Crippen LogP contribution in [0, 0.1) is 6.92 Å². The molecule has 0 unspecified atom stereocenters. The standard InChI is InChI=1S/C13H15N5S/c1-3-10-7-14-12(19-10)8-15-13-16-11-6-9(2)4-5-18(11)17-13/h4-7H,3,8H2,1-2H3,(H,15,17). The number of nitrogens with one attached hydrogen (secondary N) is 1. The summed E-state index contributed by atoms with van der Waals surface area (Å²) in [7, 11) is 0. The van der Waals surface area contributed by atoms with Crippen molar-refractivity contribution in [3.05, 3.63) is 40.0 Å². The number of rotatable bonds is 4. The highest BCUT2D eigenvalue weighted by atomic mass is 32.1. The van der Waals surface area contributed by atoms with E-state index in [1.165, 1.54) is 10.4 Å². The summed E-state index contributed by atoms with van der Waals surface area (Å²) in [5, 5.41) is 8.64. The van der Waals surface area contributed by atoms with Gasteiger partial charge < -0.3 is 5.32 Å². The molecule has 98 valence electrons. The first kappa shape index (κ1) is 12.1. The fourth-order valence-electron chi connectivity index (χ4n) is 1.81. The molecule has 0 bridgehead atoms. The minimum atomic E-state index is 0.638. The first-order chi connectivity index (χ1) is 9.24. The zero-order chi connectivity index (χ0) is 13.2. The third kappa shape index (κ3) is 2.58. The molecule has 0 aliphatic carbocycles. The second kappa shape index (κ2) is 4.97. The molecular weight excluding hydrogens is 258 g/mol. The Bertz CT molecular complexity index is 700. The Morgan fingerprint density at radius 1 is 1.42 bits per heavy atom. The molecule has 0 fully saturated rings. The fraction of sp³-hybridized carbons (Fsp3) is 0.308. The van der Waals surface area contributed by atoms with Crippen LogP contribution in [0.1, 0.15) is 22.4 Å². The van der Waals surface area contributed by atoms with Gasteiger partial charge in [0.25, 0.3) is 0 Å². The van der Waals surface area contributed by atoms with E-state index in [9.17, 15) is 0 Å². The van der Waals surface area contributed by atoms with E-state index in [2.05, 4.69) is 27.3 Å². The van der Waals surface area contributed by atoms with Crippen LogP contribution in [0.5, 0.6) is 0 Å². The van der Waals surface area contributed by atoms with Gasteiger partial charge in [-0.25, -0.2) is 9.50 Å². The number of nitrogens with zero attached hydrogens (tertiary/aromatic N) is 4. The van der Waals surface area contributed by atoms with E-state index in [1.807, 2.05) is 31.5 Å². The lowest BCUT2D eigenvalue weighted by atomic mass is 10.3. The summed E-state index contributed by atoms with van der Waals surface area (Å²) in [6, 6.07) is 4.02. The van der Waals surface area contributed by atoms with Crippen LogP contribution in [0.3, 0.4) is 0 Å². The molecule has 3 aromatic rings. The van der Waals surface area contributed by atoms with Crippen LogP contribution in [0.2, 0.25) is 0 Å². The molecule has 3 aromatic heterocycles. The van der Waals surface area contributed by atoms with Crippen LogP contribution >= 0.6 is 11.3 Å². The summed E-state index contributed by atoms with van der Waals surface area (Å²) in [4.78, 5) is 10.1. The minimum absolute atomic E-state index is 0.638. The molecule has 5 nitrogen and oxygen atoms in total. The SMILES string of the molecule is CCc1cnc(CNc2nc3cc(C)ccn3n2)s1. The Morgan fingerprint density at radius 2 is 2.32 bits per heavy atom. The van der Waals surface area contributed by atoms with E-state index in [0.29, 0.717) is 12.5 Å². The van der Waals surface area contributed by atoms with Crippen LogP contribution in [-0.2, 0) is 13.0 Å². The molecule has 0 aliphatic heterocycles. The molecule has 0 aliphatic rings. The lowest BCUT2D eigenvalue weighted by molar-refractivity contribution is 0.945. The van der Waals surface area contributed by atoms with Crippen LogP contribution in [0.15, 0.2) is 24.5 Å². The Balaban J connectivity index is 1.74. The van der Waals surface area contributed by atoms with Crippen molar-refractivity contribution in [1.29, 1.82) is 0 Å². The Kier molecular flexibility index (Phi) is 3.16. The third-order valence-corrected chi connectivity index (χ3v) is 3.98. The van der Waals surface area contributed by atoms with Crippen molar-refractivity contribution in [3.63, 3.8) is 0 Å². The molecule has 6 heteroatoms. The third-order valence-electron chi connectivity index (χ3n) is 2.84. The van der Waals surface area contributed by atoms with Crippen molar-refractivity contribution in [3.8, 4) is 0 Å². The number of hydrogen-bond acceptors (Lipinski definition) is 5. The number of aryl methyl sites for hydroxylation is 2. The Morgan fingerprint density at radius 3 is 3.11 bits per heavy atom. The van der Waals surface area contributed by atoms with Crippen LogP contribution in [0.25, 0.3) is 5.65 Å². The van der Waals surface area contributed by atoms with Crippen molar-refractivity contribution < 1.29 is 0 Å². The maximum absolute atomic E-state index is 4.43. The van der Waals surface area contributed by atoms with Gasteiger partial charge in [-0.1, -0.05) is 6.92 Å². The molecule has 0 radical (unpaired) electrons. The second-order valence-electron chi connectivity index (χ2n) is 4.37. The predicted octanol–water partition coefficient (Wildman–Crippen LogP) is 2.67. The van der Waals surface area contributed by atoms with Gasteiger partial charge in [0.05, 0.1) is 6.54 Å². The number of thiazole rings is 1. The molecule has 0 saturated heterocycles.